The molecule has 0 aliphatic heterocycles. The van der Waals surface area contributed by atoms with Gasteiger partial charge in [0.2, 0.25) is 0 Å². The van der Waals surface area contributed by atoms with Gasteiger partial charge in [0.25, 0.3) is 5.56 Å². The van der Waals surface area contributed by atoms with E-state index in [2.05, 4.69) is 9.97 Å². The van der Waals surface area contributed by atoms with Crippen LogP contribution in [0.5, 0.6) is 0 Å². The number of halogens is 2. The van der Waals surface area contributed by atoms with Crippen LogP contribution in [0.1, 0.15) is 5.56 Å². The van der Waals surface area contributed by atoms with Crippen molar-refractivity contribution in [2.24, 2.45) is 0 Å². The lowest BCUT2D eigenvalue weighted by Crippen LogP contribution is -2.11. The fraction of sp³-hybridized carbons (Fsp3) is 0.0909. The molecule has 2 rings (SSSR count). The zero-order valence-corrected chi connectivity index (χ0v) is 9.93. The molecule has 1 aromatic heterocycles. The number of nitrogens with one attached hydrogen (secondary N) is 1. The van der Waals surface area contributed by atoms with E-state index in [1.165, 1.54) is 6.33 Å². The first kappa shape index (κ1) is 11.2. The Labute approximate surface area is 102 Å². The lowest BCUT2D eigenvalue weighted by molar-refractivity contribution is 1.08. The van der Waals surface area contributed by atoms with E-state index < -0.39 is 0 Å². The topological polar surface area (TPSA) is 45.8 Å². The second-order valence-corrected chi connectivity index (χ2v) is 4.17. The van der Waals surface area contributed by atoms with Gasteiger partial charge < -0.3 is 4.98 Å². The Hall–Kier alpha value is -1.32. The summed E-state index contributed by atoms with van der Waals surface area (Å²) in [5.74, 6) is 0. The average Bonchev–Trinajstić information content (AvgIpc) is 2.23. The van der Waals surface area contributed by atoms with E-state index in [-0.39, 0.29) is 5.56 Å². The summed E-state index contributed by atoms with van der Waals surface area (Å²) in [7, 11) is 0. The second kappa shape index (κ2) is 4.28. The van der Waals surface area contributed by atoms with Crippen molar-refractivity contribution >= 4 is 23.2 Å². The Morgan fingerprint density at radius 2 is 2.06 bits per heavy atom. The van der Waals surface area contributed by atoms with E-state index in [0.29, 0.717) is 26.9 Å². The van der Waals surface area contributed by atoms with Crippen LogP contribution in [-0.2, 0) is 0 Å². The molecule has 1 aromatic carbocycles. The van der Waals surface area contributed by atoms with E-state index in [1.807, 2.05) is 0 Å². The predicted octanol–water partition coefficient (Wildman–Crippen LogP) is 3.05. The molecule has 0 unspecified atom stereocenters. The zero-order chi connectivity index (χ0) is 11.7. The molecule has 2 aromatic rings. The molecule has 0 saturated carbocycles. The molecule has 3 nitrogen and oxygen atoms in total. The van der Waals surface area contributed by atoms with E-state index >= 15 is 0 Å². The number of H-pyrrole nitrogens is 1. The van der Waals surface area contributed by atoms with Crippen molar-refractivity contribution < 1.29 is 0 Å². The summed E-state index contributed by atoms with van der Waals surface area (Å²) in [5, 5.41) is 1.03. The molecule has 0 aliphatic carbocycles. The van der Waals surface area contributed by atoms with Gasteiger partial charge in [0, 0.05) is 16.1 Å². The first-order valence-corrected chi connectivity index (χ1v) is 5.35. The Bertz CT molecular complexity index is 593. The Morgan fingerprint density at radius 1 is 1.31 bits per heavy atom. The van der Waals surface area contributed by atoms with Gasteiger partial charge in [-0.15, -0.1) is 0 Å². The maximum Gasteiger partial charge on any atom is 0.254 e. The maximum absolute atomic E-state index is 11.4. The van der Waals surface area contributed by atoms with Crippen LogP contribution in [0.15, 0.2) is 29.3 Å². The van der Waals surface area contributed by atoms with Crippen LogP contribution < -0.4 is 5.56 Å². The number of aromatic nitrogens is 2. The van der Waals surface area contributed by atoms with Crippen molar-refractivity contribution in [3.05, 3.63) is 50.5 Å². The third kappa shape index (κ3) is 1.96. The van der Waals surface area contributed by atoms with Crippen LogP contribution in [0.4, 0.5) is 0 Å². The molecular formula is C11H8Cl2N2O. The van der Waals surface area contributed by atoms with Crippen LogP contribution >= 0.6 is 23.2 Å². The summed E-state index contributed by atoms with van der Waals surface area (Å²) in [6, 6.07) is 5.09. The van der Waals surface area contributed by atoms with Gasteiger partial charge in [-0.25, -0.2) is 4.98 Å². The van der Waals surface area contributed by atoms with Gasteiger partial charge in [0.1, 0.15) is 0 Å². The summed E-state index contributed by atoms with van der Waals surface area (Å²) in [6.45, 7) is 1.70. The zero-order valence-electron chi connectivity index (χ0n) is 8.42. The summed E-state index contributed by atoms with van der Waals surface area (Å²) in [4.78, 5) is 18.0. The molecule has 0 atom stereocenters. The SMILES string of the molecule is Cc1c(-c2ccc(Cl)cc2Cl)nc[nH]c1=O. The summed E-state index contributed by atoms with van der Waals surface area (Å²) in [5.41, 5.74) is 1.64. The van der Waals surface area contributed by atoms with Crippen molar-refractivity contribution in [2.75, 3.05) is 0 Å². The molecule has 0 aliphatic rings. The van der Waals surface area contributed by atoms with Crippen LogP contribution in [-0.4, -0.2) is 9.97 Å². The van der Waals surface area contributed by atoms with Crippen LogP contribution in [0.3, 0.4) is 0 Å². The lowest BCUT2D eigenvalue weighted by atomic mass is 10.1. The maximum atomic E-state index is 11.4. The molecule has 0 bridgehead atoms. The lowest BCUT2D eigenvalue weighted by Gasteiger charge is -2.05. The van der Waals surface area contributed by atoms with Crippen LogP contribution in [0, 0.1) is 6.92 Å². The van der Waals surface area contributed by atoms with Gasteiger partial charge in [-0.2, -0.15) is 0 Å². The Kier molecular flexibility index (Phi) is 2.99. The standard InChI is InChI=1S/C11H8Cl2N2O/c1-6-10(14-5-15-11(6)16)8-3-2-7(12)4-9(8)13/h2-5H,1H3,(H,14,15,16). The highest BCUT2D eigenvalue weighted by Crippen LogP contribution is 2.29. The molecular weight excluding hydrogens is 247 g/mol. The summed E-state index contributed by atoms with van der Waals surface area (Å²) < 4.78 is 0. The van der Waals surface area contributed by atoms with E-state index in [1.54, 1.807) is 25.1 Å². The van der Waals surface area contributed by atoms with Gasteiger partial charge >= 0.3 is 0 Å². The fourth-order valence-corrected chi connectivity index (χ4v) is 1.92. The molecule has 1 heterocycles. The number of benzene rings is 1. The minimum absolute atomic E-state index is 0.170. The first-order valence-electron chi connectivity index (χ1n) is 4.59. The predicted molar refractivity (Wildman–Crippen MR) is 65.1 cm³/mol. The summed E-state index contributed by atoms with van der Waals surface area (Å²) >= 11 is 11.9. The first-order chi connectivity index (χ1) is 7.59. The van der Waals surface area contributed by atoms with Gasteiger partial charge in [0.15, 0.2) is 0 Å². The highest BCUT2D eigenvalue weighted by Gasteiger charge is 2.10. The van der Waals surface area contributed by atoms with Crippen LogP contribution in [0.2, 0.25) is 10.0 Å². The van der Waals surface area contributed by atoms with E-state index in [9.17, 15) is 4.79 Å². The molecule has 0 amide bonds. The number of hydrogen-bond acceptors (Lipinski definition) is 2. The van der Waals surface area contributed by atoms with Crippen molar-refractivity contribution in [3.8, 4) is 11.3 Å². The quantitative estimate of drug-likeness (QED) is 0.851. The smallest absolute Gasteiger partial charge is 0.254 e. The number of nitrogens with zero attached hydrogens (tertiary/aromatic N) is 1. The van der Waals surface area contributed by atoms with Gasteiger partial charge in [0.05, 0.1) is 17.0 Å². The van der Waals surface area contributed by atoms with Gasteiger partial charge in [-0.05, 0) is 25.1 Å². The van der Waals surface area contributed by atoms with Crippen molar-refractivity contribution in [3.63, 3.8) is 0 Å². The molecule has 82 valence electrons. The molecule has 5 heteroatoms. The monoisotopic (exact) mass is 254 g/mol. The van der Waals surface area contributed by atoms with Gasteiger partial charge in [-0.3, -0.25) is 4.79 Å². The minimum Gasteiger partial charge on any atom is -0.313 e. The normalized spacial score (nSPS) is 10.4. The molecule has 0 fully saturated rings. The third-order valence-corrected chi connectivity index (χ3v) is 2.82. The highest BCUT2D eigenvalue weighted by molar-refractivity contribution is 6.36. The molecule has 1 N–H and O–H groups in total. The highest BCUT2D eigenvalue weighted by atomic mass is 35.5. The number of hydrogen-bond donors (Lipinski definition) is 1. The van der Waals surface area contributed by atoms with E-state index in [0.717, 1.165) is 0 Å². The minimum atomic E-state index is -0.170. The Morgan fingerprint density at radius 3 is 2.75 bits per heavy atom. The summed E-state index contributed by atoms with van der Waals surface area (Å²) in [6.07, 6.45) is 1.36. The Balaban J connectivity index is 2.68. The largest absolute Gasteiger partial charge is 0.313 e. The average molecular weight is 255 g/mol. The number of aromatic amines is 1. The van der Waals surface area contributed by atoms with Crippen LogP contribution in [0.25, 0.3) is 11.3 Å². The van der Waals surface area contributed by atoms with Crippen molar-refractivity contribution in [1.82, 2.24) is 9.97 Å². The third-order valence-electron chi connectivity index (χ3n) is 2.27. The van der Waals surface area contributed by atoms with E-state index in [4.69, 9.17) is 23.2 Å². The van der Waals surface area contributed by atoms with Crippen molar-refractivity contribution in [2.45, 2.75) is 6.92 Å². The van der Waals surface area contributed by atoms with Crippen molar-refractivity contribution in [1.29, 1.82) is 0 Å². The molecule has 16 heavy (non-hydrogen) atoms. The molecule has 0 spiro atoms. The second-order valence-electron chi connectivity index (χ2n) is 3.33. The molecule has 0 saturated heterocycles. The van der Waals surface area contributed by atoms with Gasteiger partial charge in [-0.1, -0.05) is 23.2 Å². The molecule has 0 radical (unpaired) electrons. The fourth-order valence-electron chi connectivity index (χ4n) is 1.42. The number of rotatable bonds is 1.